The Morgan fingerprint density at radius 2 is 1.74 bits per heavy atom. The molecule has 0 spiro atoms. The number of Topliss-reactive ketones (excluding diaryl/α,β-unsaturated/α-hetero) is 1. The smallest absolute Gasteiger partial charge is 0.344 e. The van der Waals surface area contributed by atoms with Gasteiger partial charge in [-0.1, -0.05) is 0 Å². The van der Waals surface area contributed by atoms with Crippen LogP contribution in [0.4, 0.5) is 0 Å². The molecule has 11 nitrogen and oxygen atoms in total. The summed E-state index contributed by atoms with van der Waals surface area (Å²) in [6.45, 7) is -1.53. The van der Waals surface area contributed by atoms with Crippen molar-refractivity contribution in [3.8, 4) is 0 Å². The Bertz CT molecular complexity index is 452. The lowest BCUT2D eigenvalue weighted by atomic mass is 9.99. The van der Waals surface area contributed by atoms with E-state index < -0.39 is 74.0 Å². The maximum absolute atomic E-state index is 12.0. The first-order chi connectivity index (χ1) is 10.8. The fraction of sp³-hybridized carbons (Fsp3) is 0.833. The van der Waals surface area contributed by atoms with Crippen LogP contribution in [0.1, 0.15) is 0 Å². The van der Waals surface area contributed by atoms with Gasteiger partial charge in [0.05, 0.1) is 13.2 Å². The lowest BCUT2D eigenvalue weighted by Gasteiger charge is -2.39. The fourth-order valence-electron chi connectivity index (χ4n) is 2.31. The molecule has 2 aliphatic rings. The van der Waals surface area contributed by atoms with Crippen molar-refractivity contribution in [3.05, 3.63) is 0 Å². The van der Waals surface area contributed by atoms with Gasteiger partial charge >= 0.3 is 5.97 Å². The molecule has 0 aliphatic carbocycles. The number of aliphatic hydroxyl groups is 6. The van der Waals surface area contributed by atoms with Crippen molar-refractivity contribution < 1.29 is 54.4 Å². The van der Waals surface area contributed by atoms with Crippen LogP contribution in [0.2, 0.25) is 0 Å². The van der Waals surface area contributed by atoms with Crippen molar-refractivity contribution in [3.63, 3.8) is 0 Å². The number of cyclic esters (lactones) is 1. The lowest BCUT2D eigenvalue weighted by molar-refractivity contribution is -0.305. The molecule has 2 saturated heterocycles. The van der Waals surface area contributed by atoms with Crippen LogP contribution < -0.4 is 0 Å². The Morgan fingerprint density at radius 3 is 2.30 bits per heavy atom. The molecule has 2 fully saturated rings. The van der Waals surface area contributed by atoms with Gasteiger partial charge < -0.3 is 44.8 Å². The van der Waals surface area contributed by atoms with Crippen LogP contribution in [0, 0.1) is 0 Å². The molecule has 11 heteroatoms. The quantitative estimate of drug-likeness (QED) is 0.208. The molecule has 2 aliphatic heterocycles. The molecule has 0 bridgehead atoms. The van der Waals surface area contributed by atoms with E-state index in [2.05, 4.69) is 4.74 Å². The van der Waals surface area contributed by atoms with Crippen molar-refractivity contribution >= 4 is 11.8 Å². The largest absolute Gasteiger partial charge is 0.449 e. The van der Waals surface area contributed by atoms with Crippen LogP contribution >= 0.6 is 0 Å². The number of carbonyl (C=O) groups is 2. The van der Waals surface area contributed by atoms with Gasteiger partial charge in [0.2, 0.25) is 11.9 Å². The number of aliphatic hydroxyl groups excluding tert-OH is 6. The zero-order valence-corrected chi connectivity index (χ0v) is 11.8. The summed E-state index contributed by atoms with van der Waals surface area (Å²) in [5.41, 5.74) is 0. The van der Waals surface area contributed by atoms with E-state index in [1.165, 1.54) is 0 Å². The molecule has 0 amide bonds. The van der Waals surface area contributed by atoms with E-state index in [-0.39, 0.29) is 0 Å². The van der Waals surface area contributed by atoms with Gasteiger partial charge in [-0.15, -0.1) is 0 Å². The van der Waals surface area contributed by atoms with Crippen molar-refractivity contribution in [2.24, 2.45) is 0 Å². The summed E-state index contributed by atoms with van der Waals surface area (Å²) in [6, 6.07) is 0. The minimum Gasteiger partial charge on any atom is -0.449 e. The van der Waals surface area contributed by atoms with Crippen LogP contribution in [-0.2, 0) is 23.8 Å². The second-order valence-electron chi connectivity index (χ2n) is 5.22. The number of hydrogen-bond acceptors (Lipinski definition) is 11. The van der Waals surface area contributed by atoms with Gasteiger partial charge in [0.15, 0.2) is 12.4 Å². The highest BCUT2D eigenvalue weighted by Gasteiger charge is 2.52. The number of ketones is 1. The van der Waals surface area contributed by atoms with Gasteiger partial charge in [-0.3, -0.25) is 4.79 Å². The lowest BCUT2D eigenvalue weighted by Crippen LogP contribution is -2.60. The summed E-state index contributed by atoms with van der Waals surface area (Å²) in [6.07, 6.45) is -13.2. The highest BCUT2D eigenvalue weighted by Crippen LogP contribution is 2.26. The Morgan fingerprint density at radius 1 is 1.09 bits per heavy atom. The number of carbonyl (C=O) groups excluding carboxylic acids is 2. The average Bonchev–Trinajstić information content (AvgIpc) is 2.82. The second kappa shape index (κ2) is 7.15. The third-order valence-electron chi connectivity index (χ3n) is 3.65. The normalized spacial score (nSPS) is 42.6. The maximum atomic E-state index is 12.0. The molecular weight excluding hydrogens is 320 g/mol. The molecular formula is C12H18O11. The Hall–Kier alpha value is -1.18. The third-order valence-corrected chi connectivity index (χ3v) is 3.65. The Balaban J connectivity index is 2.08. The van der Waals surface area contributed by atoms with Gasteiger partial charge in [-0.2, -0.15) is 0 Å². The third kappa shape index (κ3) is 3.36. The van der Waals surface area contributed by atoms with Crippen molar-refractivity contribution in [1.82, 2.24) is 0 Å². The molecule has 0 radical (unpaired) electrons. The van der Waals surface area contributed by atoms with Crippen LogP contribution in [0.5, 0.6) is 0 Å². The number of rotatable bonds is 5. The number of ether oxygens (including phenoxy) is 3. The highest BCUT2D eigenvalue weighted by molar-refractivity contribution is 6.09. The highest BCUT2D eigenvalue weighted by atomic mass is 16.7. The van der Waals surface area contributed by atoms with Crippen LogP contribution in [0.25, 0.3) is 0 Å². The molecule has 0 aromatic heterocycles. The number of esters is 1. The van der Waals surface area contributed by atoms with Crippen molar-refractivity contribution in [2.45, 2.75) is 49.0 Å². The van der Waals surface area contributed by atoms with Gasteiger partial charge in [-0.05, 0) is 0 Å². The SMILES string of the molecule is O=C1O[C@H]([C@@H](O)CO)C(=O)[C@@H]1O[C@@H]1O[C@H](CO)[C@@H](O)[C@H](O)[C@H]1O. The van der Waals surface area contributed by atoms with Crippen molar-refractivity contribution in [1.29, 1.82) is 0 Å². The first-order valence-electron chi connectivity index (χ1n) is 6.81. The monoisotopic (exact) mass is 338 g/mol. The zero-order chi connectivity index (χ0) is 17.3. The van der Waals surface area contributed by atoms with Crippen LogP contribution in [0.3, 0.4) is 0 Å². The molecule has 23 heavy (non-hydrogen) atoms. The molecule has 0 unspecified atom stereocenters. The zero-order valence-electron chi connectivity index (χ0n) is 11.8. The molecule has 0 aromatic rings. The predicted molar refractivity (Wildman–Crippen MR) is 66.6 cm³/mol. The van der Waals surface area contributed by atoms with E-state index in [9.17, 15) is 30.0 Å². The second-order valence-corrected chi connectivity index (χ2v) is 5.22. The summed E-state index contributed by atoms with van der Waals surface area (Å²) in [4.78, 5) is 23.6. The van der Waals surface area contributed by atoms with Gasteiger partial charge in [0.25, 0.3) is 0 Å². The van der Waals surface area contributed by atoms with Crippen LogP contribution in [0.15, 0.2) is 0 Å². The fourth-order valence-corrected chi connectivity index (χ4v) is 2.31. The Kier molecular flexibility index (Phi) is 5.65. The minimum atomic E-state index is -1.84. The maximum Gasteiger partial charge on any atom is 0.344 e. The van der Waals surface area contributed by atoms with Gasteiger partial charge in [0, 0.05) is 0 Å². The topological polar surface area (TPSA) is 183 Å². The molecule has 2 rings (SSSR count). The molecule has 8 atom stereocenters. The first-order valence-corrected chi connectivity index (χ1v) is 6.81. The average molecular weight is 338 g/mol. The van der Waals surface area contributed by atoms with E-state index in [1.807, 2.05) is 0 Å². The Labute approximate surface area is 129 Å². The summed E-state index contributed by atoms with van der Waals surface area (Å²) in [5, 5.41) is 56.2. The van der Waals surface area contributed by atoms with E-state index >= 15 is 0 Å². The summed E-state index contributed by atoms with van der Waals surface area (Å²) in [5.74, 6) is -2.15. The summed E-state index contributed by atoms with van der Waals surface area (Å²) < 4.78 is 14.6. The molecule has 2 heterocycles. The molecule has 6 N–H and O–H groups in total. The molecule has 0 aromatic carbocycles. The van der Waals surface area contributed by atoms with E-state index in [1.54, 1.807) is 0 Å². The standard InChI is InChI=1S/C12H18O11/c13-1-3(15)9-8(19)10(11(20)22-9)23-12-7(18)6(17)5(16)4(2-14)21-12/h3-7,9-10,12-18H,1-2H2/t3-,4+,5+,6-,7+,9+,10-,12-/m0/s1. The molecule has 132 valence electrons. The van der Waals surface area contributed by atoms with E-state index in [4.69, 9.17) is 19.7 Å². The first kappa shape index (κ1) is 18.2. The summed E-state index contributed by atoms with van der Waals surface area (Å²) in [7, 11) is 0. The summed E-state index contributed by atoms with van der Waals surface area (Å²) >= 11 is 0. The minimum absolute atomic E-state index is 0.709. The molecule has 0 saturated carbocycles. The van der Waals surface area contributed by atoms with Crippen LogP contribution in [-0.4, -0.2) is 105 Å². The number of hydrogen-bond donors (Lipinski definition) is 6. The van der Waals surface area contributed by atoms with Gasteiger partial charge in [0.1, 0.15) is 30.5 Å². The van der Waals surface area contributed by atoms with E-state index in [0.29, 0.717) is 0 Å². The van der Waals surface area contributed by atoms with Gasteiger partial charge in [-0.25, -0.2) is 4.79 Å². The predicted octanol–water partition coefficient (Wildman–Crippen LogP) is -4.98. The van der Waals surface area contributed by atoms with E-state index in [0.717, 1.165) is 0 Å². The van der Waals surface area contributed by atoms with Crippen molar-refractivity contribution in [2.75, 3.05) is 13.2 Å².